The lowest BCUT2D eigenvalue weighted by Gasteiger charge is -2.30. The fourth-order valence-electron chi connectivity index (χ4n) is 2.62. The summed E-state index contributed by atoms with van der Waals surface area (Å²) in [5.74, 6) is 0.859. The van der Waals surface area contributed by atoms with Crippen LogP contribution >= 0.6 is 0 Å². The van der Waals surface area contributed by atoms with Gasteiger partial charge in [-0.3, -0.25) is 0 Å². The molecule has 19 heavy (non-hydrogen) atoms. The zero-order valence-corrected chi connectivity index (χ0v) is 11.9. The molecule has 1 unspecified atom stereocenters. The molecule has 1 saturated carbocycles. The molecule has 1 fully saturated rings. The largest absolute Gasteiger partial charge is 0.494 e. The van der Waals surface area contributed by atoms with Crippen molar-refractivity contribution in [3.05, 3.63) is 29.6 Å². The minimum atomic E-state index is -0.267. The summed E-state index contributed by atoms with van der Waals surface area (Å²) in [4.78, 5) is 0. The second-order valence-electron chi connectivity index (χ2n) is 5.43. The van der Waals surface area contributed by atoms with Gasteiger partial charge in [-0.2, -0.15) is 0 Å². The van der Waals surface area contributed by atoms with E-state index < -0.39 is 0 Å². The molecule has 1 atom stereocenters. The third-order valence-corrected chi connectivity index (χ3v) is 4.01. The molecule has 0 bridgehead atoms. The Morgan fingerprint density at radius 3 is 2.74 bits per heavy atom. The van der Waals surface area contributed by atoms with Crippen molar-refractivity contribution in [2.45, 2.75) is 45.1 Å². The smallest absolute Gasteiger partial charge is 0.165 e. The first-order valence-electron chi connectivity index (χ1n) is 7.31. The van der Waals surface area contributed by atoms with Crippen molar-refractivity contribution in [3.63, 3.8) is 0 Å². The van der Waals surface area contributed by atoms with Crippen LogP contribution in [-0.4, -0.2) is 13.7 Å². The molecule has 106 valence electrons. The lowest BCUT2D eigenvalue weighted by Crippen LogP contribution is -2.26. The van der Waals surface area contributed by atoms with Gasteiger partial charge in [-0.1, -0.05) is 32.3 Å². The second kappa shape index (κ2) is 6.90. The Bertz CT molecular complexity index is 404. The number of hydrogen-bond donors (Lipinski definition) is 1. The molecule has 1 aromatic carbocycles. The number of hydrogen-bond acceptors (Lipinski definition) is 2. The molecule has 0 aliphatic heterocycles. The maximum absolute atomic E-state index is 13.8. The van der Waals surface area contributed by atoms with Gasteiger partial charge in [0.25, 0.3) is 0 Å². The predicted octanol–water partition coefficient (Wildman–Crippen LogP) is 4.07. The Labute approximate surface area is 115 Å². The molecular weight excluding hydrogens is 241 g/mol. The molecule has 0 radical (unpaired) electrons. The molecule has 0 spiro atoms. The minimum Gasteiger partial charge on any atom is -0.494 e. The SMILES string of the molecule is CCCNC(CC1CCC1)c1ccc(OC)c(F)c1. The maximum atomic E-state index is 13.8. The van der Waals surface area contributed by atoms with E-state index in [2.05, 4.69) is 12.2 Å². The van der Waals surface area contributed by atoms with Crippen LogP contribution in [0.4, 0.5) is 4.39 Å². The van der Waals surface area contributed by atoms with Crippen LogP contribution in [0.2, 0.25) is 0 Å². The fourth-order valence-corrected chi connectivity index (χ4v) is 2.62. The number of methoxy groups -OCH3 is 1. The van der Waals surface area contributed by atoms with E-state index in [0.717, 1.165) is 30.9 Å². The first-order chi connectivity index (χ1) is 9.24. The molecule has 0 amide bonds. The number of halogens is 1. The van der Waals surface area contributed by atoms with Crippen LogP contribution in [0.3, 0.4) is 0 Å². The molecular formula is C16H24FNO. The van der Waals surface area contributed by atoms with Crippen LogP contribution < -0.4 is 10.1 Å². The Balaban J connectivity index is 2.08. The van der Waals surface area contributed by atoms with Crippen LogP contribution in [0.5, 0.6) is 5.75 Å². The lowest BCUT2D eigenvalue weighted by molar-refractivity contribution is 0.261. The quantitative estimate of drug-likeness (QED) is 0.802. The summed E-state index contributed by atoms with van der Waals surface area (Å²) >= 11 is 0. The van der Waals surface area contributed by atoms with Crippen molar-refractivity contribution >= 4 is 0 Å². The number of nitrogens with one attached hydrogen (secondary N) is 1. The monoisotopic (exact) mass is 265 g/mol. The summed E-state index contributed by atoms with van der Waals surface area (Å²) in [6.45, 7) is 3.13. The molecule has 0 aromatic heterocycles. The summed E-state index contributed by atoms with van der Waals surface area (Å²) in [6, 6.07) is 5.59. The van der Waals surface area contributed by atoms with Gasteiger partial charge in [0.1, 0.15) is 0 Å². The van der Waals surface area contributed by atoms with Gasteiger partial charge in [0.2, 0.25) is 0 Å². The van der Waals surface area contributed by atoms with Gasteiger partial charge in [-0.05, 0) is 43.0 Å². The molecule has 3 heteroatoms. The predicted molar refractivity (Wildman–Crippen MR) is 75.9 cm³/mol. The summed E-state index contributed by atoms with van der Waals surface area (Å²) in [6.07, 6.45) is 6.21. The fraction of sp³-hybridized carbons (Fsp3) is 0.625. The van der Waals surface area contributed by atoms with Gasteiger partial charge in [0.05, 0.1) is 7.11 Å². The molecule has 0 saturated heterocycles. The average Bonchev–Trinajstić information content (AvgIpc) is 2.37. The summed E-state index contributed by atoms with van der Waals surface area (Å²) in [5.41, 5.74) is 1.04. The zero-order chi connectivity index (χ0) is 13.7. The standard InChI is InChI=1S/C16H24FNO/c1-3-9-18-15(10-12-5-4-6-12)13-7-8-16(19-2)14(17)11-13/h7-8,11-12,15,18H,3-6,9-10H2,1-2H3. The number of ether oxygens (including phenoxy) is 1. The van der Waals surface area contributed by atoms with E-state index in [1.807, 2.05) is 6.07 Å². The van der Waals surface area contributed by atoms with Gasteiger partial charge in [0, 0.05) is 6.04 Å². The number of rotatable bonds is 7. The van der Waals surface area contributed by atoms with E-state index in [-0.39, 0.29) is 11.9 Å². The second-order valence-corrected chi connectivity index (χ2v) is 5.43. The third-order valence-electron chi connectivity index (χ3n) is 4.01. The van der Waals surface area contributed by atoms with Gasteiger partial charge >= 0.3 is 0 Å². The highest BCUT2D eigenvalue weighted by Crippen LogP contribution is 2.35. The van der Waals surface area contributed by atoms with Crippen molar-refractivity contribution in [2.24, 2.45) is 5.92 Å². The van der Waals surface area contributed by atoms with E-state index in [4.69, 9.17) is 4.74 Å². The van der Waals surface area contributed by atoms with Crippen molar-refractivity contribution in [1.29, 1.82) is 0 Å². The van der Waals surface area contributed by atoms with Crippen molar-refractivity contribution in [2.75, 3.05) is 13.7 Å². The Kier molecular flexibility index (Phi) is 5.20. The summed E-state index contributed by atoms with van der Waals surface area (Å²) < 4.78 is 18.8. The number of benzene rings is 1. The molecule has 1 aliphatic rings. The first kappa shape index (κ1) is 14.3. The third kappa shape index (κ3) is 3.69. The van der Waals surface area contributed by atoms with Crippen LogP contribution in [0, 0.1) is 11.7 Å². The van der Waals surface area contributed by atoms with Crippen LogP contribution in [-0.2, 0) is 0 Å². The van der Waals surface area contributed by atoms with E-state index in [9.17, 15) is 4.39 Å². The molecule has 2 nitrogen and oxygen atoms in total. The maximum Gasteiger partial charge on any atom is 0.165 e. The van der Waals surface area contributed by atoms with E-state index >= 15 is 0 Å². The molecule has 1 N–H and O–H groups in total. The van der Waals surface area contributed by atoms with Crippen molar-refractivity contribution in [3.8, 4) is 5.75 Å². The van der Waals surface area contributed by atoms with Crippen LogP contribution in [0.15, 0.2) is 18.2 Å². The van der Waals surface area contributed by atoms with Gasteiger partial charge in [0.15, 0.2) is 11.6 Å². The van der Waals surface area contributed by atoms with E-state index in [0.29, 0.717) is 5.75 Å². The Morgan fingerprint density at radius 1 is 1.42 bits per heavy atom. The van der Waals surface area contributed by atoms with Crippen molar-refractivity contribution in [1.82, 2.24) is 5.32 Å². The summed E-state index contributed by atoms with van der Waals surface area (Å²) in [5, 5.41) is 3.54. The first-order valence-corrected chi connectivity index (χ1v) is 7.31. The molecule has 1 aliphatic carbocycles. The molecule has 1 aromatic rings. The van der Waals surface area contributed by atoms with Gasteiger partial charge in [-0.25, -0.2) is 4.39 Å². The molecule has 2 rings (SSSR count). The normalized spacial score (nSPS) is 17.0. The van der Waals surface area contributed by atoms with E-state index in [1.54, 1.807) is 12.1 Å². The zero-order valence-electron chi connectivity index (χ0n) is 11.9. The average molecular weight is 265 g/mol. The van der Waals surface area contributed by atoms with Crippen LogP contribution in [0.25, 0.3) is 0 Å². The lowest BCUT2D eigenvalue weighted by atomic mass is 9.79. The molecule has 0 heterocycles. The summed E-state index contributed by atoms with van der Waals surface area (Å²) in [7, 11) is 1.50. The topological polar surface area (TPSA) is 21.3 Å². The van der Waals surface area contributed by atoms with Crippen molar-refractivity contribution < 1.29 is 9.13 Å². The van der Waals surface area contributed by atoms with Crippen LogP contribution in [0.1, 0.15) is 50.6 Å². The Hall–Kier alpha value is -1.09. The highest BCUT2D eigenvalue weighted by atomic mass is 19.1. The minimum absolute atomic E-state index is 0.267. The Morgan fingerprint density at radius 2 is 2.21 bits per heavy atom. The highest BCUT2D eigenvalue weighted by molar-refractivity contribution is 5.31. The van der Waals surface area contributed by atoms with Gasteiger partial charge < -0.3 is 10.1 Å². The van der Waals surface area contributed by atoms with E-state index in [1.165, 1.54) is 26.4 Å². The highest BCUT2D eigenvalue weighted by Gasteiger charge is 2.23. The van der Waals surface area contributed by atoms with Gasteiger partial charge in [-0.15, -0.1) is 0 Å².